The summed E-state index contributed by atoms with van der Waals surface area (Å²) in [5.74, 6) is 0.664. The minimum Gasteiger partial charge on any atom is -0.497 e. The molecule has 0 amide bonds. The van der Waals surface area contributed by atoms with Crippen LogP contribution in [0.25, 0.3) is 0 Å². The van der Waals surface area contributed by atoms with Gasteiger partial charge in [-0.3, -0.25) is 14.3 Å². The van der Waals surface area contributed by atoms with E-state index in [9.17, 15) is 19.6 Å². The van der Waals surface area contributed by atoms with Gasteiger partial charge in [-0.25, -0.2) is 14.3 Å². The number of rotatable bonds is 23. The molecule has 5 rings (SSSR count). The van der Waals surface area contributed by atoms with Crippen molar-refractivity contribution >= 4 is 14.5 Å². The fourth-order valence-electron chi connectivity index (χ4n) is 6.89. The molecule has 0 fully saturated rings. The molecule has 1 heterocycles. The maximum absolute atomic E-state index is 13.5. The molecule has 1 N–H and O–H groups in total. The highest BCUT2D eigenvalue weighted by molar-refractivity contribution is 7.44. The van der Waals surface area contributed by atoms with Crippen molar-refractivity contribution in [1.82, 2.24) is 14.2 Å². The Bertz CT molecular complexity index is 2260. The molecule has 0 aliphatic rings. The van der Waals surface area contributed by atoms with Crippen molar-refractivity contribution in [3.05, 3.63) is 164 Å². The zero-order valence-electron chi connectivity index (χ0n) is 36.2. The Kier molecular flexibility index (Phi) is 17.6. The first kappa shape index (κ1) is 47.4. The Hall–Kier alpha value is -5.65. The third kappa shape index (κ3) is 12.0. The normalized spacial score (nSPS) is 13.1. The number of hydrogen-bond donors (Lipinski definition) is 1. The minimum atomic E-state index is -1.75. The van der Waals surface area contributed by atoms with Crippen molar-refractivity contribution in [2.75, 3.05) is 40.6 Å². The van der Waals surface area contributed by atoms with Gasteiger partial charge < -0.3 is 32.7 Å². The number of aryl methyl sites for hydroxylation is 1. The van der Waals surface area contributed by atoms with Crippen LogP contribution in [-0.2, 0) is 28.9 Å². The fraction of sp³-hybridized carbons (Fsp3) is 0.362. The molecule has 0 aliphatic carbocycles. The van der Waals surface area contributed by atoms with Crippen LogP contribution >= 0.6 is 8.53 Å². The van der Waals surface area contributed by atoms with Crippen LogP contribution in [-0.4, -0.2) is 79.0 Å². The van der Waals surface area contributed by atoms with Crippen LogP contribution in [0.3, 0.4) is 0 Å². The molecule has 0 radical (unpaired) electrons. The number of nitrogens with zero attached hydrogens (tertiary/aromatic N) is 3. The number of H-pyrrole nitrogens is 1. The van der Waals surface area contributed by atoms with Gasteiger partial charge in [0, 0.05) is 23.8 Å². The molecule has 62 heavy (non-hydrogen) atoms. The van der Waals surface area contributed by atoms with E-state index < -0.39 is 50.3 Å². The molecule has 0 aliphatic heterocycles. The number of nitriles is 1. The maximum atomic E-state index is 13.5. The van der Waals surface area contributed by atoms with Gasteiger partial charge in [-0.1, -0.05) is 72.8 Å². The van der Waals surface area contributed by atoms with Gasteiger partial charge >= 0.3 is 11.7 Å². The summed E-state index contributed by atoms with van der Waals surface area (Å²) < 4.78 is 47.1. The summed E-state index contributed by atoms with van der Waals surface area (Å²) >= 11 is 0. The second-order valence-electron chi connectivity index (χ2n) is 14.8. The van der Waals surface area contributed by atoms with Crippen LogP contribution in [0, 0.1) is 18.3 Å². The number of nitrogens with one attached hydrogen (secondary N) is 1. The molecule has 3 atom stereocenters. The number of ether oxygens (including phenoxy) is 5. The average Bonchev–Trinajstić information content (AvgIpc) is 3.28. The lowest BCUT2D eigenvalue weighted by Crippen LogP contribution is -2.42. The van der Waals surface area contributed by atoms with E-state index in [4.69, 9.17) is 32.7 Å². The van der Waals surface area contributed by atoms with Crippen molar-refractivity contribution in [1.29, 1.82) is 5.26 Å². The molecule has 14 nitrogen and oxygen atoms in total. The summed E-state index contributed by atoms with van der Waals surface area (Å²) in [6.45, 7) is 9.11. The SMILES string of the molecule is COc1ccc(C(OC[C@H](COP(OCCC#N)N(C(C)C)C(C)C)O[C@H](COC(=O)c2ccccc2)n2cc(C)c(=O)[nH]c2=O)(c2ccccc2)c2ccc(OC)cc2)cc1. The Morgan fingerprint density at radius 2 is 1.32 bits per heavy atom. The molecule has 15 heteroatoms. The van der Waals surface area contributed by atoms with Crippen molar-refractivity contribution in [3.8, 4) is 17.6 Å². The third-order valence-corrected chi connectivity index (χ3v) is 11.9. The lowest BCUT2D eigenvalue weighted by atomic mass is 9.80. The summed E-state index contributed by atoms with van der Waals surface area (Å²) in [4.78, 5) is 41.7. The Balaban J connectivity index is 1.64. The van der Waals surface area contributed by atoms with Crippen LogP contribution in [0.2, 0.25) is 0 Å². The van der Waals surface area contributed by atoms with Crippen molar-refractivity contribution in [3.63, 3.8) is 0 Å². The molecular weight excluding hydrogens is 812 g/mol. The zero-order chi connectivity index (χ0) is 44.6. The molecule has 0 saturated carbocycles. The molecule has 0 bridgehead atoms. The Morgan fingerprint density at radius 3 is 1.85 bits per heavy atom. The topological polar surface area (TPSA) is 164 Å². The summed E-state index contributed by atoms with van der Waals surface area (Å²) in [5, 5.41) is 9.36. The highest BCUT2D eigenvalue weighted by Crippen LogP contribution is 2.47. The second kappa shape index (κ2) is 23.0. The molecule has 0 saturated heterocycles. The zero-order valence-corrected chi connectivity index (χ0v) is 37.1. The first-order valence-electron chi connectivity index (χ1n) is 20.3. The van der Waals surface area contributed by atoms with E-state index >= 15 is 0 Å². The summed E-state index contributed by atoms with van der Waals surface area (Å²) in [7, 11) is 1.45. The summed E-state index contributed by atoms with van der Waals surface area (Å²) in [6, 6.07) is 35.5. The Morgan fingerprint density at radius 1 is 0.774 bits per heavy atom. The monoisotopic (exact) mass is 866 g/mol. The van der Waals surface area contributed by atoms with Crippen molar-refractivity contribution in [2.45, 2.75) is 71.1 Å². The van der Waals surface area contributed by atoms with Crippen LogP contribution in [0.15, 0.2) is 125 Å². The number of carbonyl (C=O) groups is 1. The van der Waals surface area contributed by atoms with Crippen LogP contribution < -0.4 is 20.7 Å². The predicted molar refractivity (Wildman–Crippen MR) is 236 cm³/mol. The van der Waals surface area contributed by atoms with Crippen LogP contribution in [0.1, 0.15) is 73.0 Å². The van der Waals surface area contributed by atoms with Gasteiger partial charge in [0.05, 0.1) is 52.1 Å². The predicted octanol–water partition coefficient (Wildman–Crippen LogP) is 7.90. The van der Waals surface area contributed by atoms with Gasteiger partial charge in [-0.15, -0.1) is 0 Å². The molecule has 0 spiro atoms. The van der Waals surface area contributed by atoms with Crippen LogP contribution in [0.4, 0.5) is 0 Å². The standard InChI is InChI=1S/C47H55N4O10P/c1-33(2)51(34(3)4)62(59-28-14-27-48)60-31-42(61-43(50-29-35(5)44(52)49-46(50)54)32-57-45(53)36-15-10-8-11-16-36)30-58-47(37-17-12-9-13-18-37,38-19-23-40(55-6)24-20-38)39-21-25-41(56-7)26-22-39/h8-13,15-26,29,33-34,42-43H,14,28,30-32H2,1-7H3,(H,49,52,54)/t42-,43-,62?/m1/s1. The van der Waals surface area contributed by atoms with E-state index in [1.807, 2.05) is 107 Å². The van der Waals surface area contributed by atoms with E-state index in [0.29, 0.717) is 17.1 Å². The first-order chi connectivity index (χ1) is 29.9. The third-order valence-electron chi connectivity index (χ3n) is 9.86. The minimum absolute atomic E-state index is 0.00234. The lowest BCUT2D eigenvalue weighted by molar-refractivity contribution is -0.138. The van der Waals surface area contributed by atoms with Crippen molar-refractivity contribution in [2.24, 2.45) is 0 Å². The average molecular weight is 867 g/mol. The number of hydrogen-bond acceptors (Lipinski definition) is 12. The van der Waals surface area contributed by atoms with Gasteiger partial charge in [0.2, 0.25) is 0 Å². The maximum Gasteiger partial charge on any atom is 0.338 e. The largest absolute Gasteiger partial charge is 0.497 e. The number of aromatic nitrogens is 2. The molecular formula is C47H55N4O10P. The lowest BCUT2D eigenvalue weighted by Gasteiger charge is -2.38. The summed E-state index contributed by atoms with van der Waals surface area (Å²) in [6.07, 6.45) is -0.740. The smallest absolute Gasteiger partial charge is 0.338 e. The molecule has 4 aromatic carbocycles. The number of methoxy groups -OCH3 is 2. The molecule has 5 aromatic rings. The van der Waals surface area contributed by atoms with Gasteiger partial charge in [0.1, 0.15) is 29.8 Å². The molecule has 328 valence electrons. The fourth-order valence-corrected chi connectivity index (χ4v) is 8.53. The Labute approximate surface area is 363 Å². The van der Waals surface area contributed by atoms with E-state index in [-0.39, 0.29) is 43.9 Å². The van der Waals surface area contributed by atoms with Gasteiger partial charge in [-0.05, 0) is 87.7 Å². The number of aromatic amines is 1. The van der Waals surface area contributed by atoms with E-state index in [1.165, 1.54) is 10.8 Å². The highest BCUT2D eigenvalue weighted by atomic mass is 31.2. The van der Waals surface area contributed by atoms with Crippen molar-refractivity contribution < 1.29 is 37.5 Å². The number of benzene rings is 4. The quantitative estimate of drug-likeness (QED) is 0.0293. The number of esters is 1. The second-order valence-corrected chi connectivity index (χ2v) is 16.3. The van der Waals surface area contributed by atoms with E-state index in [2.05, 4.69) is 15.7 Å². The van der Waals surface area contributed by atoms with Gasteiger partial charge in [0.15, 0.2) is 6.23 Å². The van der Waals surface area contributed by atoms with Crippen LogP contribution in [0.5, 0.6) is 11.5 Å². The molecule has 1 aromatic heterocycles. The molecule has 1 unspecified atom stereocenters. The van der Waals surface area contributed by atoms with E-state index in [1.54, 1.807) is 51.5 Å². The highest BCUT2D eigenvalue weighted by Gasteiger charge is 2.40. The van der Waals surface area contributed by atoms with Gasteiger partial charge in [0.25, 0.3) is 14.1 Å². The first-order valence-corrected chi connectivity index (χ1v) is 21.4. The van der Waals surface area contributed by atoms with E-state index in [0.717, 1.165) is 16.7 Å². The summed E-state index contributed by atoms with van der Waals surface area (Å²) in [5.41, 5.74) is 0.257. The van der Waals surface area contributed by atoms with Gasteiger partial charge in [-0.2, -0.15) is 5.26 Å². The number of carbonyl (C=O) groups excluding carboxylic acids is 1.